The van der Waals surface area contributed by atoms with Crippen molar-refractivity contribution in [2.75, 3.05) is 0 Å². The van der Waals surface area contributed by atoms with E-state index < -0.39 is 5.97 Å². The fraction of sp³-hybridized carbons (Fsp3) is 0.556. The number of aliphatic carboxylic acids is 1. The Morgan fingerprint density at radius 3 is 2.50 bits per heavy atom. The van der Waals surface area contributed by atoms with Crippen LogP contribution >= 0.6 is 0 Å². The molecule has 0 heterocycles. The largest absolute Gasteiger partial charge is 0.477 e. The fourth-order valence-corrected chi connectivity index (χ4v) is 0.893. The maximum absolute atomic E-state index is 10.5. The van der Waals surface area contributed by atoms with E-state index in [-0.39, 0.29) is 5.57 Å². The zero-order valence-corrected chi connectivity index (χ0v) is 7.42. The van der Waals surface area contributed by atoms with Crippen LogP contribution in [0, 0.1) is 11.3 Å². The van der Waals surface area contributed by atoms with Crippen LogP contribution in [0.15, 0.2) is 11.1 Å². The number of nitrogens with zero attached hydrogens (tertiary/aromatic N) is 1. The molecule has 0 aliphatic rings. The second kappa shape index (κ2) is 5.36. The van der Waals surface area contributed by atoms with Gasteiger partial charge in [0.15, 0.2) is 0 Å². The number of unbranched alkanes of at least 4 members (excludes halogenated alkanes) is 1. The monoisotopic (exact) mass is 167 g/mol. The first kappa shape index (κ1) is 10.7. The van der Waals surface area contributed by atoms with Crippen molar-refractivity contribution < 1.29 is 9.90 Å². The Labute approximate surface area is 72.3 Å². The van der Waals surface area contributed by atoms with Crippen LogP contribution in [0.5, 0.6) is 0 Å². The number of allylic oxidation sites excluding steroid dienone is 1. The molecule has 0 aromatic rings. The molecule has 0 radical (unpaired) electrons. The summed E-state index contributed by atoms with van der Waals surface area (Å²) in [4.78, 5) is 10.5. The highest BCUT2D eigenvalue weighted by Gasteiger charge is 2.09. The normalized spacial score (nSPS) is 11.8. The van der Waals surface area contributed by atoms with E-state index in [1.54, 1.807) is 13.0 Å². The molecule has 0 aliphatic heterocycles. The molecule has 0 aromatic carbocycles. The molecular formula is C9H13NO2. The van der Waals surface area contributed by atoms with Gasteiger partial charge in [-0.25, -0.2) is 4.79 Å². The van der Waals surface area contributed by atoms with Gasteiger partial charge in [0.05, 0.1) is 0 Å². The van der Waals surface area contributed by atoms with Crippen LogP contribution in [-0.2, 0) is 4.79 Å². The average Bonchev–Trinajstić information content (AvgIpc) is 2.01. The lowest BCUT2D eigenvalue weighted by molar-refractivity contribution is -0.132. The van der Waals surface area contributed by atoms with Crippen LogP contribution in [0.2, 0.25) is 0 Å². The standard InChI is InChI=1S/C9H13NO2/c1-3-4-5-7(2)8(6-10)9(11)12/h3-5H2,1-2H3,(H,11,12). The van der Waals surface area contributed by atoms with Gasteiger partial charge in [-0.3, -0.25) is 0 Å². The lowest BCUT2D eigenvalue weighted by atomic mass is 10.1. The summed E-state index contributed by atoms with van der Waals surface area (Å²) >= 11 is 0. The second-order valence-corrected chi connectivity index (χ2v) is 2.68. The molecular weight excluding hydrogens is 154 g/mol. The zero-order valence-electron chi connectivity index (χ0n) is 7.42. The Morgan fingerprint density at radius 1 is 1.58 bits per heavy atom. The Hall–Kier alpha value is -1.30. The molecule has 3 heteroatoms. The van der Waals surface area contributed by atoms with Gasteiger partial charge in [-0.15, -0.1) is 0 Å². The Bertz CT molecular complexity index is 235. The van der Waals surface area contributed by atoms with Gasteiger partial charge < -0.3 is 5.11 Å². The van der Waals surface area contributed by atoms with Gasteiger partial charge in [0, 0.05) is 0 Å². The van der Waals surface area contributed by atoms with E-state index in [0.29, 0.717) is 12.0 Å². The molecule has 0 amide bonds. The smallest absolute Gasteiger partial charge is 0.346 e. The Kier molecular flexibility index (Phi) is 4.78. The van der Waals surface area contributed by atoms with Crippen LogP contribution in [-0.4, -0.2) is 11.1 Å². The van der Waals surface area contributed by atoms with Gasteiger partial charge >= 0.3 is 5.97 Å². The van der Waals surface area contributed by atoms with Crippen molar-refractivity contribution in [1.29, 1.82) is 5.26 Å². The number of carbonyl (C=O) groups is 1. The molecule has 0 unspecified atom stereocenters. The van der Waals surface area contributed by atoms with Gasteiger partial charge in [-0.1, -0.05) is 13.3 Å². The van der Waals surface area contributed by atoms with Crippen molar-refractivity contribution in [3.63, 3.8) is 0 Å². The van der Waals surface area contributed by atoms with E-state index in [0.717, 1.165) is 12.8 Å². The summed E-state index contributed by atoms with van der Waals surface area (Å²) in [5.74, 6) is -1.12. The molecule has 1 N–H and O–H groups in total. The van der Waals surface area contributed by atoms with Crippen molar-refractivity contribution in [1.82, 2.24) is 0 Å². The van der Waals surface area contributed by atoms with Crippen molar-refractivity contribution in [3.05, 3.63) is 11.1 Å². The summed E-state index contributed by atoms with van der Waals surface area (Å²) in [5.41, 5.74) is 0.565. The minimum absolute atomic E-state index is 0.108. The summed E-state index contributed by atoms with van der Waals surface area (Å²) in [5, 5.41) is 17.0. The Balaban J connectivity index is 4.42. The topological polar surface area (TPSA) is 61.1 Å². The highest BCUT2D eigenvalue weighted by molar-refractivity contribution is 5.91. The quantitative estimate of drug-likeness (QED) is 0.515. The van der Waals surface area contributed by atoms with E-state index in [9.17, 15) is 4.79 Å². The van der Waals surface area contributed by atoms with E-state index in [4.69, 9.17) is 10.4 Å². The van der Waals surface area contributed by atoms with Gasteiger partial charge in [-0.2, -0.15) is 5.26 Å². The summed E-state index contributed by atoms with van der Waals surface area (Å²) in [6.45, 7) is 3.72. The number of hydrogen-bond donors (Lipinski definition) is 1. The third-order valence-electron chi connectivity index (χ3n) is 1.66. The summed E-state index contributed by atoms with van der Waals surface area (Å²) in [6.07, 6.45) is 2.64. The minimum atomic E-state index is -1.12. The summed E-state index contributed by atoms with van der Waals surface area (Å²) < 4.78 is 0. The minimum Gasteiger partial charge on any atom is -0.477 e. The predicted octanol–water partition coefficient (Wildman–Crippen LogP) is 2.10. The molecule has 3 nitrogen and oxygen atoms in total. The molecule has 0 atom stereocenters. The van der Waals surface area contributed by atoms with Gasteiger partial charge in [0.1, 0.15) is 11.6 Å². The molecule has 0 aromatic heterocycles. The first-order valence-electron chi connectivity index (χ1n) is 3.96. The fourth-order valence-electron chi connectivity index (χ4n) is 0.893. The molecule has 0 bridgehead atoms. The van der Waals surface area contributed by atoms with Crippen LogP contribution in [0.1, 0.15) is 33.1 Å². The molecule has 12 heavy (non-hydrogen) atoms. The lowest BCUT2D eigenvalue weighted by Crippen LogP contribution is -2.01. The summed E-state index contributed by atoms with van der Waals surface area (Å²) in [7, 11) is 0. The number of carboxylic acids is 1. The van der Waals surface area contributed by atoms with Crippen molar-refractivity contribution in [2.45, 2.75) is 33.1 Å². The first-order valence-corrected chi connectivity index (χ1v) is 3.96. The van der Waals surface area contributed by atoms with Crippen LogP contribution in [0.3, 0.4) is 0 Å². The molecule has 0 saturated carbocycles. The second-order valence-electron chi connectivity index (χ2n) is 2.68. The number of hydrogen-bond acceptors (Lipinski definition) is 2. The molecule has 0 spiro atoms. The highest BCUT2D eigenvalue weighted by atomic mass is 16.4. The van der Waals surface area contributed by atoms with Crippen molar-refractivity contribution in [3.8, 4) is 6.07 Å². The van der Waals surface area contributed by atoms with Crippen molar-refractivity contribution in [2.24, 2.45) is 0 Å². The number of carboxylic acid groups (broad SMARTS) is 1. The van der Waals surface area contributed by atoms with E-state index in [1.165, 1.54) is 0 Å². The number of rotatable bonds is 4. The number of nitriles is 1. The van der Waals surface area contributed by atoms with Crippen LogP contribution in [0.4, 0.5) is 0 Å². The van der Waals surface area contributed by atoms with E-state index in [2.05, 4.69) is 0 Å². The van der Waals surface area contributed by atoms with E-state index in [1.807, 2.05) is 6.92 Å². The Morgan fingerprint density at radius 2 is 2.17 bits per heavy atom. The third kappa shape index (κ3) is 3.20. The van der Waals surface area contributed by atoms with Gasteiger partial charge in [0.2, 0.25) is 0 Å². The maximum Gasteiger partial charge on any atom is 0.346 e. The lowest BCUT2D eigenvalue weighted by Gasteiger charge is -1.99. The molecule has 0 rings (SSSR count). The first-order chi connectivity index (χ1) is 5.63. The maximum atomic E-state index is 10.5. The summed E-state index contributed by atoms with van der Waals surface area (Å²) in [6, 6.07) is 1.69. The molecule has 66 valence electrons. The highest BCUT2D eigenvalue weighted by Crippen LogP contribution is 2.11. The van der Waals surface area contributed by atoms with Crippen LogP contribution < -0.4 is 0 Å². The molecule has 0 saturated heterocycles. The average molecular weight is 167 g/mol. The van der Waals surface area contributed by atoms with Gasteiger partial charge in [0.25, 0.3) is 0 Å². The third-order valence-corrected chi connectivity index (χ3v) is 1.66. The van der Waals surface area contributed by atoms with Crippen molar-refractivity contribution >= 4 is 5.97 Å². The molecule has 0 fully saturated rings. The molecule has 0 aliphatic carbocycles. The van der Waals surface area contributed by atoms with E-state index >= 15 is 0 Å². The van der Waals surface area contributed by atoms with Gasteiger partial charge in [-0.05, 0) is 25.3 Å². The predicted molar refractivity (Wildman–Crippen MR) is 45.5 cm³/mol. The SMILES string of the molecule is CCCCC(C)=C(C#N)C(=O)O. The van der Waals surface area contributed by atoms with Crippen LogP contribution in [0.25, 0.3) is 0 Å². The zero-order chi connectivity index (χ0) is 9.56.